The lowest BCUT2D eigenvalue weighted by Gasteiger charge is -2.17. The number of ether oxygens (including phenoxy) is 1. The summed E-state index contributed by atoms with van der Waals surface area (Å²) in [5, 5.41) is 4.07. The first-order chi connectivity index (χ1) is 8.80. The number of benzene rings is 1. The van der Waals surface area contributed by atoms with Gasteiger partial charge in [0, 0.05) is 11.1 Å². The molecule has 4 heteroatoms. The Bertz CT molecular complexity index is 473. The van der Waals surface area contributed by atoms with Gasteiger partial charge in [0.15, 0.2) is 6.61 Å². The molecule has 0 saturated heterocycles. The van der Waals surface area contributed by atoms with E-state index in [0.29, 0.717) is 5.75 Å². The number of nitrogens with zero attached hydrogens (tertiary/aromatic N) is 1. The zero-order chi connectivity index (χ0) is 14.5. The summed E-state index contributed by atoms with van der Waals surface area (Å²) in [6.45, 7) is 9.93. The second-order valence-electron chi connectivity index (χ2n) is 5.54. The van der Waals surface area contributed by atoms with Crippen LogP contribution in [-0.2, 0) is 4.79 Å². The zero-order valence-electron chi connectivity index (χ0n) is 12.3. The number of hydrazone groups is 1. The summed E-state index contributed by atoms with van der Waals surface area (Å²) in [6, 6.07) is 7.59. The van der Waals surface area contributed by atoms with E-state index in [-0.39, 0.29) is 17.9 Å². The number of carbonyl (C=O) groups excluding carboxylic acids is 1. The van der Waals surface area contributed by atoms with Crippen molar-refractivity contribution in [2.75, 3.05) is 6.61 Å². The van der Waals surface area contributed by atoms with Crippen molar-refractivity contribution in [3.63, 3.8) is 0 Å². The largest absolute Gasteiger partial charge is 0.483 e. The van der Waals surface area contributed by atoms with Gasteiger partial charge in [-0.15, -0.1) is 0 Å². The van der Waals surface area contributed by atoms with Crippen molar-refractivity contribution < 1.29 is 9.53 Å². The molecule has 1 N–H and O–H groups in total. The number of amides is 1. The maximum absolute atomic E-state index is 11.6. The molecule has 0 aromatic heterocycles. The summed E-state index contributed by atoms with van der Waals surface area (Å²) in [5.74, 6) is 0.459. The second kappa shape index (κ2) is 6.36. The minimum absolute atomic E-state index is 0.0359. The van der Waals surface area contributed by atoms with E-state index in [1.165, 1.54) is 0 Å². The monoisotopic (exact) mass is 262 g/mol. The van der Waals surface area contributed by atoms with Crippen molar-refractivity contribution in [2.24, 2.45) is 10.5 Å². The quantitative estimate of drug-likeness (QED) is 0.670. The number of carbonyl (C=O) groups is 1. The molecule has 1 aromatic carbocycles. The molecule has 0 saturated carbocycles. The molecular weight excluding hydrogens is 240 g/mol. The maximum atomic E-state index is 11.6. The van der Waals surface area contributed by atoms with Crippen LogP contribution >= 0.6 is 0 Å². The lowest BCUT2D eigenvalue weighted by Crippen LogP contribution is -2.28. The van der Waals surface area contributed by atoms with Gasteiger partial charge in [0.2, 0.25) is 0 Å². The average molecular weight is 262 g/mol. The highest BCUT2D eigenvalue weighted by Crippen LogP contribution is 2.16. The van der Waals surface area contributed by atoms with Crippen LogP contribution in [0.5, 0.6) is 5.75 Å². The fourth-order valence-corrected chi connectivity index (χ4v) is 1.21. The molecule has 0 aliphatic carbocycles. The van der Waals surface area contributed by atoms with Gasteiger partial charge in [-0.1, -0.05) is 39.0 Å². The van der Waals surface area contributed by atoms with Crippen LogP contribution in [0.2, 0.25) is 0 Å². The molecule has 0 unspecified atom stereocenters. The molecule has 0 aliphatic heterocycles. The zero-order valence-corrected chi connectivity index (χ0v) is 12.3. The molecule has 0 fully saturated rings. The number of hydrogen-bond acceptors (Lipinski definition) is 3. The average Bonchev–Trinajstić information content (AvgIpc) is 2.33. The molecule has 0 bridgehead atoms. The van der Waals surface area contributed by atoms with Gasteiger partial charge >= 0.3 is 0 Å². The van der Waals surface area contributed by atoms with E-state index in [2.05, 4.69) is 10.5 Å². The van der Waals surface area contributed by atoms with Crippen molar-refractivity contribution in [2.45, 2.75) is 34.6 Å². The molecule has 4 nitrogen and oxygen atoms in total. The Kier molecular flexibility index (Phi) is 5.10. The van der Waals surface area contributed by atoms with Crippen molar-refractivity contribution in [1.29, 1.82) is 0 Å². The molecule has 1 aromatic rings. The van der Waals surface area contributed by atoms with Crippen molar-refractivity contribution in [3.8, 4) is 5.75 Å². The van der Waals surface area contributed by atoms with Crippen LogP contribution in [0.3, 0.4) is 0 Å². The highest BCUT2D eigenvalue weighted by molar-refractivity contribution is 5.88. The summed E-state index contributed by atoms with van der Waals surface area (Å²) in [5.41, 5.74) is 4.33. The molecule has 19 heavy (non-hydrogen) atoms. The standard InChI is InChI=1S/C15H22N2O2/c1-11-8-6-7-9-13(11)19-10-14(18)17-16-12(2)15(3,4)5/h6-9H,10H2,1-5H3,(H,17,18)/b16-12-. The van der Waals surface area contributed by atoms with Crippen LogP contribution in [-0.4, -0.2) is 18.2 Å². The molecule has 104 valence electrons. The van der Waals surface area contributed by atoms with Crippen molar-refractivity contribution in [1.82, 2.24) is 5.43 Å². The minimum atomic E-state index is -0.258. The Labute approximate surface area is 114 Å². The smallest absolute Gasteiger partial charge is 0.277 e. The Morgan fingerprint density at radius 1 is 1.32 bits per heavy atom. The first-order valence-corrected chi connectivity index (χ1v) is 6.33. The third-order valence-corrected chi connectivity index (χ3v) is 2.89. The number of nitrogens with one attached hydrogen (secondary N) is 1. The van der Waals surface area contributed by atoms with Gasteiger partial charge in [-0.25, -0.2) is 5.43 Å². The van der Waals surface area contributed by atoms with E-state index in [4.69, 9.17) is 4.74 Å². The molecule has 0 heterocycles. The molecule has 1 amide bonds. The number of hydrogen-bond donors (Lipinski definition) is 1. The van der Waals surface area contributed by atoms with E-state index < -0.39 is 0 Å². The van der Waals surface area contributed by atoms with E-state index in [9.17, 15) is 4.79 Å². The topological polar surface area (TPSA) is 50.7 Å². The van der Waals surface area contributed by atoms with Gasteiger partial charge in [-0.3, -0.25) is 4.79 Å². The van der Waals surface area contributed by atoms with Gasteiger partial charge < -0.3 is 4.74 Å². The first-order valence-electron chi connectivity index (χ1n) is 6.33. The highest BCUT2D eigenvalue weighted by atomic mass is 16.5. The SMILES string of the molecule is C/C(=N/NC(=O)COc1ccccc1C)C(C)(C)C. The Balaban J connectivity index is 2.48. The predicted molar refractivity (Wildman–Crippen MR) is 77.4 cm³/mol. The van der Waals surface area contributed by atoms with Crippen molar-refractivity contribution in [3.05, 3.63) is 29.8 Å². The maximum Gasteiger partial charge on any atom is 0.277 e. The van der Waals surface area contributed by atoms with Crippen LogP contribution in [0.1, 0.15) is 33.3 Å². The lowest BCUT2D eigenvalue weighted by molar-refractivity contribution is -0.123. The van der Waals surface area contributed by atoms with Gasteiger partial charge in [-0.2, -0.15) is 5.10 Å². The third kappa shape index (κ3) is 5.12. The number of para-hydroxylation sites is 1. The molecule has 0 atom stereocenters. The summed E-state index contributed by atoms with van der Waals surface area (Å²) >= 11 is 0. The Hall–Kier alpha value is -1.84. The second-order valence-corrected chi connectivity index (χ2v) is 5.54. The van der Waals surface area contributed by atoms with Gasteiger partial charge in [-0.05, 0) is 25.5 Å². The van der Waals surface area contributed by atoms with E-state index in [1.54, 1.807) is 0 Å². The van der Waals surface area contributed by atoms with E-state index in [0.717, 1.165) is 11.3 Å². The number of aryl methyl sites for hydroxylation is 1. The van der Waals surface area contributed by atoms with Crippen LogP contribution in [0.25, 0.3) is 0 Å². The van der Waals surface area contributed by atoms with Gasteiger partial charge in [0.25, 0.3) is 5.91 Å². The molecule has 0 aliphatic rings. The van der Waals surface area contributed by atoms with E-state index in [1.807, 2.05) is 58.9 Å². The van der Waals surface area contributed by atoms with Crippen LogP contribution in [0.4, 0.5) is 0 Å². The lowest BCUT2D eigenvalue weighted by atomic mass is 9.91. The Morgan fingerprint density at radius 2 is 1.95 bits per heavy atom. The van der Waals surface area contributed by atoms with E-state index >= 15 is 0 Å². The normalized spacial score (nSPS) is 12.2. The minimum Gasteiger partial charge on any atom is -0.483 e. The third-order valence-electron chi connectivity index (χ3n) is 2.89. The van der Waals surface area contributed by atoms with Gasteiger partial charge in [0.1, 0.15) is 5.75 Å². The molecule has 0 spiro atoms. The molecule has 1 rings (SSSR count). The number of rotatable bonds is 4. The summed E-state index contributed by atoms with van der Waals surface area (Å²) in [4.78, 5) is 11.6. The van der Waals surface area contributed by atoms with Crippen molar-refractivity contribution >= 4 is 11.6 Å². The molecular formula is C15H22N2O2. The summed E-state index contributed by atoms with van der Waals surface area (Å²) < 4.78 is 5.44. The first kappa shape index (κ1) is 15.2. The van der Waals surface area contributed by atoms with Crippen LogP contribution < -0.4 is 10.2 Å². The highest BCUT2D eigenvalue weighted by Gasteiger charge is 2.14. The van der Waals surface area contributed by atoms with Crippen LogP contribution in [0, 0.1) is 12.3 Å². The van der Waals surface area contributed by atoms with Crippen LogP contribution in [0.15, 0.2) is 29.4 Å². The fourth-order valence-electron chi connectivity index (χ4n) is 1.21. The molecule has 0 radical (unpaired) electrons. The van der Waals surface area contributed by atoms with Gasteiger partial charge in [0.05, 0.1) is 0 Å². The summed E-state index contributed by atoms with van der Waals surface area (Å²) in [7, 11) is 0. The summed E-state index contributed by atoms with van der Waals surface area (Å²) in [6.07, 6.45) is 0. The predicted octanol–water partition coefficient (Wildman–Crippen LogP) is 2.91. The fraction of sp³-hybridized carbons (Fsp3) is 0.467. The Morgan fingerprint density at radius 3 is 2.53 bits per heavy atom.